The molecule has 1 atom stereocenters. The van der Waals surface area contributed by atoms with E-state index in [4.69, 9.17) is 5.73 Å². The molecule has 0 fully saturated rings. The normalized spacial score (nSPS) is 12.2. The molecule has 0 spiro atoms. The summed E-state index contributed by atoms with van der Waals surface area (Å²) in [4.78, 5) is 9.86. The Morgan fingerprint density at radius 3 is 2.38 bits per heavy atom. The van der Waals surface area contributed by atoms with Gasteiger partial charge in [0.2, 0.25) is 0 Å². The van der Waals surface area contributed by atoms with Crippen molar-refractivity contribution < 1.29 is 4.92 Å². The third kappa shape index (κ3) is 2.72. The van der Waals surface area contributed by atoms with E-state index in [1.54, 1.807) is 19.1 Å². The highest BCUT2D eigenvalue weighted by Gasteiger charge is 2.03. The van der Waals surface area contributed by atoms with E-state index in [9.17, 15) is 10.1 Å². The lowest BCUT2D eigenvalue weighted by Gasteiger charge is -2.08. The minimum atomic E-state index is -0.435. The van der Waals surface area contributed by atoms with Gasteiger partial charge < -0.3 is 11.1 Å². The predicted molar refractivity (Wildman–Crippen MR) is 50.4 cm³/mol. The van der Waals surface area contributed by atoms with Crippen LogP contribution in [0.4, 0.5) is 11.4 Å². The summed E-state index contributed by atoms with van der Waals surface area (Å²) in [5.41, 5.74) is 6.33. The van der Waals surface area contributed by atoms with Gasteiger partial charge in [-0.2, -0.15) is 0 Å². The van der Waals surface area contributed by atoms with E-state index in [0.29, 0.717) is 0 Å². The van der Waals surface area contributed by atoms with Gasteiger partial charge in [0.1, 0.15) is 0 Å². The lowest BCUT2D eigenvalue weighted by Crippen LogP contribution is -2.24. The molecule has 5 heteroatoms. The Hall–Kier alpha value is -1.62. The van der Waals surface area contributed by atoms with Crippen LogP contribution in [0.25, 0.3) is 0 Å². The van der Waals surface area contributed by atoms with Gasteiger partial charge in [-0.25, -0.2) is 0 Å². The molecular weight excluding hydrogens is 170 g/mol. The number of nitrogens with one attached hydrogen (secondary N) is 1. The van der Waals surface area contributed by atoms with E-state index in [2.05, 4.69) is 5.32 Å². The van der Waals surface area contributed by atoms with Crippen molar-refractivity contribution in [1.82, 2.24) is 0 Å². The third-order valence-corrected chi connectivity index (χ3v) is 1.47. The number of benzene rings is 1. The quantitative estimate of drug-likeness (QED) is 0.418. The van der Waals surface area contributed by atoms with Crippen molar-refractivity contribution in [2.75, 3.05) is 5.32 Å². The first-order valence-electron chi connectivity index (χ1n) is 3.86. The molecule has 0 bridgehead atoms. The summed E-state index contributed by atoms with van der Waals surface area (Å²) in [5, 5.41) is 13.2. The fourth-order valence-corrected chi connectivity index (χ4v) is 0.942. The first-order chi connectivity index (χ1) is 6.09. The van der Waals surface area contributed by atoms with Gasteiger partial charge in [-0.1, -0.05) is 0 Å². The highest BCUT2D eigenvalue weighted by Crippen LogP contribution is 2.15. The minimum Gasteiger partial charge on any atom is -0.370 e. The van der Waals surface area contributed by atoms with E-state index >= 15 is 0 Å². The number of hydrogen-bond donors (Lipinski definition) is 2. The van der Waals surface area contributed by atoms with E-state index in [1.807, 2.05) is 0 Å². The number of nitro benzene ring substituents is 1. The molecule has 0 amide bonds. The summed E-state index contributed by atoms with van der Waals surface area (Å²) in [6, 6.07) is 6.12. The van der Waals surface area contributed by atoms with Gasteiger partial charge in [-0.3, -0.25) is 10.1 Å². The standard InChI is InChI=1S/C8H11N3O2/c1-6(9)10-7-2-4-8(5-3-7)11(12)13/h2-6,10H,9H2,1H3. The summed E-state index contributed by atoms with van der Waals surface area (Å²) in [6.07, 6.45) is -0.165. The van der Waals surface area contributed by atoms with Crippen LogP contribution < -0.4 is 11.1 Å². The molecule has 13 heavy (non-hydrogen) atoms. The number of non-ortho nitro benzene ring substituents is 1. The Bertz CT molecular complexity index is 295. The maximum Gasteiger partial charge on any atom is 0.269 e. The summed E-state index contributed by atoms with van der Waals surface area (Å²) >= 11 is 0. The molecule has 0 aromatic heterocycles. The van der Waals surface area contributed by atoms with Crippen molar-refractivity contribution in [3.05, 3.63) is 34.4 Å². The molecule has 0 saturated carbocycles. The largest absolute Gasteiger partial charge is 0.370 e. The molecule has 0 saturated heterocycles. The van der Waals surface area contributed by atoms with Crippen LogP contribution in [-0.4, -0.2) is 11.1 Å². The van der Waals surface area contributed by atoms with E-state index in [1.165, 1.54) is 12.1 Å². The van der Waals surface area contributed by atoms with Crippen LogP contribution in [0.3, 0.4) is 0 Å². The molecule has 1 aromatic rings. The minimum absolute atomic E-state index is 0.0789. The second-order valence-corrected chi connectivity index (χ2v) is 2.74. The summed E-state index contributed by atoms with van der Waals surface area (Å²) < 4.78 is 0. The Labute approximate surface area is 75.7 Å². The van der Waals surface area contributed by atoms with Gasteiger partial charge >= 0.3 is 0 Å². The zero-order valence-electron chi connectivity index (χ0n) is 7.23. The smallest absolute Gasteiger partial charge is 0.269 e. The van der Waals surface area contributed by atoms with Gasteiger partial charge in [0.25, 0.3) is 5.69 Å². The molecule has 70 valence electrons. The zero-order chi connectivity index (χ0) is 9.84. The fraction of sp³-hybridized carbons (Fsp3) is 0.250. The van der Waals surface area contributed by atoms with Crippen LogP contribution in [-0.2, 0) is 0 Å². The van der Waals surface area contributed by atoms with E-state index in [0.717, 1.165) is 5.69 Å². The highest BCUT2D eigenvalue weighted by molar-refractivity contribution is 5.48. The average molecular weight is 181 g/mol. The third-order valence-electron chi connectivity index (χ3n) is 1.47. The van der Waals surface area contributed by atoms with E-state index < -0.39 is 4.92 Å². The Morgan fingerprint density at radius 2 is 2.00 bits per heavy atom. The second kappa shape index (κ2) is 3.86. The molecule has 1 rings (SSSR count). The van der Waals surface area contributed by atoms with Crippen molar-refractivity contribution >= 4 is 11.4 Å². The number of nitro groups is 1. The zero-order valence-corrected chi connectivity index (χ0v) is 7.23. The number of nitrogens with two attached hydrogens (primary N) is 1. The number of anilines is 1. The maximum atomic E-state index is 10.3. The summed E-state index contributed by atoms with van der Waals surface area (Å²) in [7, 11) is 0. The summed E-state index contributed by atoms with van der Waals surface area (Å²) in [5.74, 6) is 0. The Morgan fingerprint density at radius 1 is 1.46 bits per heavy atom. The van der Waals surface area contributed by atoms with Crippen LogP contribution in [0, 0.1) is 10.1 Å². The SMILES string of the molecule is CC(N)Nc1ccc([N+](=O)[O-])cc1. The van der Waals surface area contributed by atoms with Gasteiger partial charge in [0, 0.05) is 17.8 Å². The highest BCUT2D eigenvalue weighted by atomic mass is 16.6. The molecule has 1 unspecified atom stereocenters. The van der Waals surface area contributed by atoms with E-state index in [-0.39, 0.29) is 11.9 Å². The molecular formula is C8H11N3O2. The monoisotopic (exact) mass is 181 g/mol. The van der Waals surface area contributed by atoms with Crippen molar-refractivity contribution in [3.63, 3.8) is 0 Å². The first-order valence-corrected chi connectivity index (χ1v) is 3.86. The Kier molecular flexibility index (Phi) is 2.81. The number of nitrogens with zero attached hydrogens (tertiary/aromatic N) is 1. The lowest BCUT2D eigenvalue weighted by atomic mass is 10.3. The van der Waals surface area contributed by atoms with Crippen molar-refractivity contribution in [3.8, 4) is 0 Å². The predicted octanol–water partition coefficient (Wildman–Crippen LogP) is 1.31. The average Bonchev–Trinajstić information content (AvgIpc) is 2.04. The summed E-state index contributed by atoms with van der Waals surface area (Å²) in [6.45, 7) is 1.79. The van der Waals surface area contributed by atoms with Crippen LogP contribution in [0.5, 0.6) is 0 Å². The van der Waals surface area contributed by atoms with Gasteiger partial charge in [0.15, 0.2) is 0 Å². The molecule has 5 nitrogen and oxygen atoms in total. The molecule has 3 N–H and O–H groups in total. The molecule has 1 aromatic carbocycles. The number of rotatable bonds is 3. The van der Waals surface area contributed by atoms with Crippen LogP contribution in [0.1, 0.15) is 6.92 Å². The fourth-order valence-electron chi connectivity index (χ4n) is 0.942. The maximum absolute atomic E-state index is 10.3. The topological polar surface area (TPSA) is 81.2 Å². The van der Waals surface area contributed by atoms with Crippen LogP contribution in [0.2, 0.25) is 0 Å². The molecule has 0 heterocycles. The second-order valence-electron chi connectivity index (χ2n) is 2.74. The molecule has 0 radical (unpaired) electrons. The lowest BCUT2D eigenvalue weighted by molar-refractivity contribution is -0.384. The molecule has 0 aliphatic heterocycles. The van der Waals surface area contributed by atoms with Crippen molar-refractivity contribution in [1.29, 1.82) is 0 Å². The van der Waals surface area contributed by atoms with Gasteiger partial charge in [-0.05, 0) is 19.1 Å². The molecule has 0 aliphatic carbocycles. The van der Waals surface area contributed by atoms with Crippen LogP contribution in [0.15, 0.2) is 24.3 Å². The molecule has 0 aliphatic rings. The van der Waals surface area contributed by atoms with Gasteiger partial charge in [0.05, 0.1) is 11.1 Å². The number of hydrogen-bond acceptors (Lipinski definition) is 4. The van der Waals surface area contributed by atoms with Crippen molar-refractivity contribution in [2.45, 2.75) is 13.1 Å². The first kappa shape index (κ1) is 9.47. The van der Waals surface area contributed by atoms with Crippen molar-refractivity contribution in [2.24, 2.45) is 5.73 Å². The Balaban J connectivity index is 2.75. The van der Waals surface area contributed by atoms with Gasteiger partial charge in [-0.15, -0.1) is 0 Å². The van der Waals surface area contributed by atoms with Crippen LogP contribution >= 0.6 is 0 Å².